The SMILES string of the molecule is C/C(=N/NC(=O)c1cc(-c2c(C)nn(-c3ccccc3)c2C)n[nH]1)c1ccc(C)cc1. The summed E-state index contributed by atoms with van der Waals surface area (Å²) in [5, 5.41) is 16.0. The number of nitrogens with one attached hydrogen (secondary N) is 2. The lowest BCUT2D eigenvalue weighted by atomic mass is 10.1. The van der Waals surface area contributed by atoms with Gasteiger partial charge in [-0.05, 0) is 51.5 Å². The van der Waals surface area contributed by atoms with Crippen molar-refractivity contribution in [2.24, 2.45) is 5.10 Å². The number of amides is 1. The summed E-state index contributed by atoms with van der Waals surface area (Å²) in [5.41, 5.74) is 10.1. The van der Waals surface area contributed by atoms with Crippen molar-refractivity contribution in [2.45, 2.75) is 27.7 Å². The molecule has 0 radical (unpaired) electrons. The van der Waals surface area contributed by atoms with Gasteiger partial charge in [-0.25, -0.2) is 10.1 Å². The molecule has 7 nitrogen and oxygen atoms in total. The number of para-hydroxylation sites is 1. The van der Waals surface area contributed by atoms with Crippen LogP contribution in [0.1, 0.15) is 39.9 Å². The number of nitrogens with zero attached hydrogens (tertiary/aromatic N) is 4. The molecule has 7 heteroatoms. The molecule has 0 aliphatic heterocycles. The van der Waals surface area contributed by atoms with Crippen molar-refractivity contribution in [3.05, 3.63) is 88.9 Å². The maximum atomic E-state index is 12.6. The molecular formula is C24H24N6O. The van der Waals surface area contributed by atoms with Gasteiger partial charge in [0.25, 0.3) is 5.91 Å². The molecule has 1 amide bonds. The molecule has 0 aliphatic rings. The van der Waals surface area contributed by atoms with Gasteiger partial charge in [0.1, 0.15) is 5.69 Å². The van der Waals surface area contributed by atoms with Crippen LogP contribution in [0.3, 0.4) is 0 Å². The van der Waals surface area contributed by atoms with Crippen molar-refractivity contribution in [3.8, 4) is 16.9 Å². The summed E-state index contributed by atoms with van der Waals surface area (Å²) in [6.45, 7) is 7.81. The molecule has 0 aliphatic carbocycles. The van der Waals surface area contributed by atoms with Crippen LogP contribution in [0.5, 0.6) is 0 Å². The first-order valence-electron chi connectivity index (χ1n) is 10.0. The average molecular weight is 412 g/mol. The van der Waals surface area contributed by atoms with Crippen LogP contribution in [0.15, 0.2) is 65.8 Å². The van der Waals surface area contributed by atoms with Crippen LogP contribution < -0.4 is 5.43 Å². The van der Waals surface area contributed by atoms with Gasteiger partial charge in [-0.3, -0.25) is 9.89 Å². The molecule has 0 unspecified atom stereocenters. The van der Waals surface area contributed by atoms with Crippen LogP contribution in [0.4, 0.5) is 0 Å². The number of hydrogen-bond acceptors (Lipinski definition) is 4. The van der Waals surface area contributed by atoms with Crippen molar-refractivity contribution in [2.75, 3.05) is 0 Å². The number of rotatable bonds is 5. The zero-order valence-corrected chi connectivity index (χ0v) is 18.0. The van der Waals surface area contributed by atoms with E-state index in [-0.39, 0.29) is 5.91 Å². The summed E-state index contributed by atoms with van der Waals surface area (Å²) in [4.78, 5) is 12.6. The maximum absolute atomic E-state index is 12.6. The lowest BCUT2D eigenvalue weighted by Crippen LogP contribution is -2.19. The minimum atomic E-state index is -0.351. The normalized spacial score (nSPS) is 11.5. The van der Waals surface area contributed by atoms with E-state index in [0.717, 1.165) is 33.9 Å². The number of aryl methyl sites for hydroxylation is 2. The zero-order chi connectivity index (χ0) is 22.0. The molecular weight excluding hydrogens is 388 g/mol. The smallest absolute Gasteiger partial charge is 0.272 e. The second-order valence-corrected chi connectivity index (χ2v) is 7.46. The molecule has 2 aromatic carbocycles. The van der Waals surface area contributed by atoms with Crippen molar-refractivity contribution >= 4 is 11.6 Å². The number of hydrazone groups is 1. The summed E-state index contributed by atoms with van der Waals surface area (Å²) in [6, 6.07) is 19.6. The van der Waals surface area contributed by atoms with Crippen molar-refractivity contribution in [1.82, 2.24) is 25.4 Å². The molecule has 4 rings (SSSR count). The molecule has 0 saturated heterocycles. The Labute approximate surface area is 180 Å². The van der Waals surface area contributed by atoms with E-state index in [1.54, 1.807) is 6.07 Å². The number of aromatic amines is 1. The van der Waals surface area contributed by atoms with Gasteiger partial charge < -0.3 is 0 Å². The third-order valence-electron chi connectivity index (χ3n) is 5.17. The summed E-state index contributed by atoms with van der Waals surface area (Å²) in [7, 11) is 0. The average Bonchev–Trinajstić information content (AvgIpc) is 3.37. The number of aromatic nitrogens is 4. The van der Waals surface area contributed by atoms with Gasteiger partial charge in [0.15, 0.2) is 0 Å². The van der Waals surface area contributed by atoms with Crippen molar-refractivity contribution in [1.29, 1.82) is 0 Å². The van der Waals surface area contributed by atoms with Gasteiger partial charge in [-0.15, -0.1) is 0 Å². The van der Waals surface area contributed by atoms with E-state index >= 15 is 0 Å². The largest absolute Gasteiger partial charge is 0.289 e. The fourth-order valence-corrected chi connectivity index (χ4v) is 3.45. The van der Waals surface area contributed by atoms with Gasteiger partial charge in [-0.2, -0.15) is 15.3 Å². The molecule has 4 aromatic rings. The Hall–Kier alpha value is -4.00. The molecule has 0 spiro atoms. The Morgan fingerprint density at radius 3 is 2.45 bits per heavy atom. The van der Waals surface area contributed by atoms with E-state index in [4.69, 9.17) is 0 Å². The van der Waals surface area contributed by atoms with Crippen molar-refractivity contribution < 1.29 is 4.79 Å². The first kappa shape index (κ1) is 20.3. The van der Waals surface area contributed by atoms with E-state index < -0.39 is 0 Å². The Morgan fingerprint density at radius 2 is 1.74 bits per heavy atom. The predicted molar refractivity (Wildman–Crippen MR) is 121 cm³/mol. The van der Waals surface area contributed by atoms with E-state index in [9.17, 15) is 4.79 Å². The highest BCUT2D eigenvalue weighted by molar-refractivity contribution is 6.00. The minimum absolute atomic E-state index is 0.335. The van der Waals surface area contributed by atoms with Gasteiger partial charge >= 0.3 is 0 Å². The monoisotopic (exact) mass is 412 g/mol. The topological polar surface area (TPSA) is 88.0 Å². The molecule has 0 atom stereocenters. The number of H-pyrrole nitrogens is 1. The zero-order valence-electron chi connectivity index (χ0n) is 18.0. The lowest BCUT2D eigenvalue weighted by molar-refractivity contribution is 0.0950. The number of benzene rings is 2. The molecule has 0 saturated carbocycles. The molecule has 31 heavy (non-hydrogen) atoms. The first-order valence-corrected chi connectivity index (χ1v) is 10.0. The lowest BCUT2D eigenvalue weighted by Gasteiger charge is -2.04. The minimum Gasteiger partial charge on any atom is -0.272 e. The number of hydrogen-bond donors (Lipinski definition) is 2. The first-order chi connectivity index (χ1) is 14.9. The van der Waals surface area contributed by atoms with E-state index in [1.807, 2.05) is 87.0 Å². The van der Waals surface area contributed by atoms with Gasteiger partial charge in [0, 0.05) is 5.56 Å². The Balaban J connectivity index is 1.54. The van der Waals surface area contributed by atoms with Gasteiger partial charge in [0.05, 0.1) is 28.5 Å². The Bertz CT molecular complexity index is 1250. The molecule has 2 N–H and O–H groups in total. The van der Waals surface area contributed by atoms with Crippen LogP contribution in [0, 0.1) is 20.8 Å². The maximum Gasteiger partial charge on any atom is 0.289 e. The quantitative estimate of drug-likeness (QED) is 0.377. The van der Waals surface area contributed by atoms with Crippen molar-refractivity contribution in [3.63, 3.8) is 0 Å². The molecule has 0 fully saturated rings. The summed E-state index contributed by atoms with van der Waals surface area (Å²) in [5.74, 6) is -0.351. The number of carbonyl (C=O) groups is 1. The molecule has 2 heterocycles. The molecule has 0 bridgehead atoms. The fourth-order valence-electron chi connectivity index (χ4n) is 3.45. The van der Waals surface area contributed by atoms with E-state index in [1.165, 1.54) is 5.56 Å². The summed E-state index contributed by atoms with van der Waals surface area (Å²) in [6.07, 6.45) is 0. The fraction of sp³-hybridized carbons (Fsp3) is 0.167. The van der Waals surface area contributed by atoms with Crippen LogP contribution in [-0.4, -0.2) is 31.6 Å². The molecule has 156 valence electrons. The number of carbonyl (C=O) groups excluding carboxylic acids is 1. The third-order valence-corrected chi connectivity index (χ3v) is 5.17. The highest BCUT2D eigenvalue weighted by Crippen LogP contribution is 2.27. The van der Waals surface area contributed by atoms with E-state index in [2.05, 4.69) is 25.8 Å². The predicted octanol–water partition coefficient (Wildman–Crippen LogP) is 4.34. The standard InChI is InChI=1S/C24H24N6O/c1-15-10-12-19(13-11-15)16(2)25-28-24(31)22-14-21(26-27-22)23-17(3)29-30(18(23)4)20-8-6-5-7-9-20/h5-14H,1-4H3,(H,26,27)(H,28,31)/b25-16-. The summed E-state index contributed by atoms with van der Waals surface area (Å²) >= 11 is 0. The van der Waals surface area contributed by atoms with E-state index in [0.29, 0.717) is 11.4 Å². The Kier molecular flexibility index (Phi) is 5.49. The Morgan fingerprint density at radius 1 is 1.03 bits per heavy atom. The third kappa shape index (κ3) is 4.16. The van der Waals surface area contributed by atoms with Crippen LogP contribution in [0.25, 0.3) is 16.9 Å². The molecule has 2 aromatic heterocycles. The highest BCUT2D eigenvalue weighted by atomic mass is 16.2. The van der Waals surface area contributed by atoms with Gasteiger partial charge in [0.2, 0.25) is 0 Å². The summed E-state index contributed by atoms with van der Waals surface area (Å²) < 4.78 is 1.88. The van der Waals surface area contributed by atoms with Crippen LogP contribution >= 0.6 is 0 Å². The second kappa shape index (κ2) is 8.39. The second-order valence-electron chi connectivity index (χ2n) is 7.46. The van der Waals surface area contributed by atoms with Crippen LogP contribution in [0.2, 0.25) is 0 Å². The van der Waals surface area contributed by atoms with Crippen LogP contribution in [-0.2, 0) is 0 Å². The highest BCUT2D eigenvalue weighted by Gasteiger charge is 2.19. The van der Waals surface area contributed by atoms with Gasteiger partial charge in [-0.1, -0.05) is 48.0 Å².